The topological polar surface area (TPSA) is 92.5 Å². The van der Waals surface area contributed by atoms with Gasteiger partial charge in [-0.2, -0.15) is 0 Å². The molecule has 2 fully saturated rings. The lowest BCUT2D eigenvalue weighted by Crippen LogP contribution is -2.49. The molecule has 3 rings (SSSR count). The largest absolute Gasteiger partial charge is 0.338 e. The first kappa shape index (κ1) is 19.3. The maximum absolute atomic E-state index is 12.6. The quantitative estimate of drug-likeness (QED) is 0.753. The highest BCUT2D eigenvalue weighted by molar-refractivity contribution is 7.89. The van der Waals surface area contributed by atoms with E-state index in [1.165, 1.54) is 0 Å². The van der Waals surface area contributed by atoms with Gasteiger partial charge in [0.05, 0.1) is 4.90 Å². The average Bonchev–Trinajstić information content (AvgIpc) is 3.43. The number of carbonyl (C=O) groups is 1. The number of hydrogen-bond donors (Lipinski definition) is 2. The molecule has 1 aromatic rings. The summed E-state index contributed by atoms with van der Waals surface area (Å²) in [6.07, 6.45) is 4.87. The molecular weight excluding hydrogens is 350 g/mol. The summed E-state index contributed by atoms with van der Waals surface area (Å²) < 4.78 is 27.0. The predicted molar refractivity (Wildman–Crippen MR) is 101 cm³/mol. The zero-order valence-electron chi connectivity index (χ0n) is 15.4. The van der Waals surface area contributed by atoms with E-state index >= 15 is 0 Å². The smallest absolute Gasteiger partial charge is 0.240 e. The Morgan fingerprint density at radius 1 is 1.23 bits per heavy atom. The molecule has 7 heteroatoms. The molecule has 0 bridgehead atoms. The highest BCUT2D eigenvalue weighted by Crippen LogP contribution is 2.24. The van der Waals surface area contributed by atoms with Crippen LogP contribution in [-0.2, 0) is 21.2 Å². The summed E-state index contributed by atoms with van der Waals surface area (Å²) in [5, 5.41) is 0. The summed E-state index contributed by atoms with van der Waals surface area (Å²) in [4.78, 5) is 14.8. The van der Waals surface area contributed by atoms with Gasteiger partial charge in [-0.3, -0.25) is 4.79 Å². The van der Waals surface area contributed by atoms with Crippen molar-refractivity contribution in [1.29, 1.82) is 0 Å². The molecule has 144 valence electrons. The molecule has 2 atom stereocenters. The molecule has 3 N–H and O–H groups in total. The molecule has 0 aromatic heterocycles. The maximum atomic E-state index is 12.6. The molecule has 1 heterocycles. The van der Waals surface area contributed by atoms with Gasteiger partial charge in [0, 0.05) is 31.6 Å². The van der Waals surface area contributed by atoms with Gasteiger partial charge < -0.3 is 10.6 Å². The molecule has 2 unspecified atom stereocenters. The number of rotatable bonds is 7. The Balaban J connectivity index is 1.55. The number of aryl methyl sites for hydroxylation is 1. The standard InChI is InChI=1S/C19H29N3O3S/c1-14-10-11-22(17(12-14)13-20)19(23)9-4-15-2-7-18(8-3-15)26(24,25)21-16-5-6-16/h2-3,7-8,14,16-17,21H,4-6,9-13,20H2,1H3. The van der Waals surface area contributed by atoms with E-state index in [9.17, 15) is 13.2 Å². The van der Waals surface area contributed by atoms with Crippen LogP contribution in [0.5, 0.6) is 0 Å². The molecule has 1 saturated carbocycles. The summed E-state index contributed by atoms with van der Waals surface area (Å²) in [6, 6.07) is 7.08. The molecule has 1 aromatic carbocycles. The summed E-state index contributed by atoms with van der Waals surface area (Å²) >= 11 is 0. The second kappa shape index (κ2) is 8.06. The van der Waals surface area contributed by atoms with Crippen molar-refractivity contribution in [1.82, 2.24) is 9.62 Å². The van der Waals surface area contributed by atoms with Gasteiger partial charge in [-0.15, -0.1) is 0 Å². The zero-order chi connectivity index (χ0) is 18.7. The number of sulfonamides is 1. The molecular formula is C19H29N3O3S. The molecule has 0 spiro atoms. The number of hydrogen-bond acceptors (Lipinski definition) is 4. The molecule has 26 heavy (non-hydrogen) atoms. The highest BCUT2D eigenvalue weighted by atomic mass is 32.2. The summed E-state index contributed by atoms with van der Waals surface area (Å²) in [7, 11) is -3.42. The number of benzene rings is 1. The third kappa shape index (κ3) is 4.84. The van der Waals surface area contributed by atoms with Crippen molar-refractivity contribution in [3.63, 3.8) is 0 Å². The molecule has 1 aliphatic carbocycles. The number of nitrogens with zero attached hydrogens (tertiary/aromatic N) is 1. The first-order chi connectivity index (χ1) is 12.4. The van der Waals surface area contributed by atoms with E-state index in [-0.39, 0.29) is 22.9 Å². The number of piperidine rings is 1. The van der Waals surface area contributed by atoms with Gasteiger partial charge >= 0.3 is 0 Å². The summed E-state index contributed by atoms with van der Waals surface area (Å²) in [5.41, 5.74) is 6.81. The van der Waals surface area contributed by atoms with Crippen LogP contribution >= 0.6 is 0 Å². The second-order valence-electron chi connectivity index (χ2n) is 7.65. The van der Waals surface area contributed by atoms with Gasteiger partial charge in [-0.25, -0.2) is 13.1 Å². The first-order valence-corrected chi connectivity index (χ1v) is 11.0. The van der Waals surface area contributed by atoms with Crippen molar-refractivity contribution in [3.8, 4) is 0 Å². The lowest BCUT2D eigenvalue weighted by Gasteiger charge is -2.38. The molecule has 1 amide bonds. The van der Waals surface area contributed by atoms with Gasteiger partial charge in [0.15, 0.2) is 0 Å². The Kier molecular flexibility index (Phi) is 5.99. The minimum Gasteiger partial charge on any atom is -0.338 e. The van der Waals surface area contributed by atoms with Crippen LogP contribution in [0.15, 0.2) is 29.2 Å². The lowest BCUT2D eigenvalue weighted by molar-refractivity contribution is -0.135. The first-order valence-electron chi connectivity index (χ1n) is 9.50. The third-order valence-electron chi connectivity index (χ3n) is 5.33. The monoisotopic (exact) mass is 379 g/mol. The summed E-state index contributed by atoms with van der Waals surface area (Å²) in [6.45, 7) is 3.50. The SMILES string of the molecule is CC1CCN(C(=O)CCc2ccc(S(=O)(=O)NC3CC3)cc2)C(CN)C1. The predicted octanol–water partition coefficient (Wildman–Crippen LogP) is 1.65. The van der Waals surface area contributed by atoms with Crippen molar-refractivity contribution >= 4 is 15.9 Å². The minimum atomic E-state index is -3.42. The number of carbonyl (C=O) groups excluding carboxylic acids is 1. The van der Waals surface area contributed by atoms with Crippen LogP contribution in [-0.4, -0.2) is 44.4 Å². The minimum absolute atomic E-state index is 0.0973. The Morgan fingerprint density at radius 2 is 1.92 bits per heavy atom. The fraction of sp³-hybridized carbons (Fsp3) is 0.632. The van der Waals surface area contributed by atoms with Crippen LogP contribution in [0.25, 0.3) is 0 Å². The highest BCUT2D eigenvalue weighted by Gasteiger charge is 2.29. The average molecular weight is 380 g/mol. The Hall–Kier alpha value is -1.44. The molecule has 1 saturated heterocycles. The number of nitrogens with one attached hydrogen (secondary N) is 1. The summed E-state index contributed by atoms with van der Waals surface area (Å²) in [5.74, 6) is 0.755. The number of likely N-dealkylation sites (tertiary alicyclic amines) is 1. The normalized spacial score (nSPS) is 23.8. The Bertz CT molecular complexity index is 729. The van der Waals surface area contributed by atoms with Crippen LogP contribution in [0.4, 0.5) is 0 Å². The molecule has 6 nitrogen and oxygen atoms in total. The van der Waals surface area contributed by atoms with E-state index in [1.54, 1.807) is 24.3 Å². The molecule has 2 aliphatic rings. The van der Waals surface area contributed by atoms with Gasteiger partial charge in [-0.1, -0.05) is 19.1 Å². The van der Waals surface area contributed by atoms with E-state index in [0.717, 1.165) is 37.8 Å². The van der Waals surface area contributed by atoms with Crippen molar-refractivity contribution in [2.75, 3.05) is 13.1 Å². The van der Waals surface area contributed by atoms with Crippen molar-refractivity contribution < 1.29 is 13.2 Å². The Labute approximate surface area is 156 Å². The van der Waals surface area contributed by atoms with E-state index in [0.29, 0.717) is 25.3 Å². The molecule has 1 aliphatic heterocycles. The third-order valence-corrected chi connectivity index (χ3v) is 6.87. The number of nitrogens with two attached hydrogens (primary N) is 1. The van der Waals surface area contributed by atoms with Crippen LogP contribution in [0.1, 0.15) is 44.6 Å². The van der Waals surface area contributed by atoms with Gasteiger partial charge in [0.1, 0.15) is 0 Å². The van der Waals surface area contributed by atoms with Crippen LogP contribution < -0.4 is 10.5 Å². The van der Waals surface area contributed by atoms with E-state index in [2.05, 4.69) is 11.6 Å². The van der Waals surface area contributed by atoms with E-state index in [1.807, 2.05) is 4.90 Å². The Morgan fingerprint density at radius 3 is 2.54 bits per heavy atom. The number of amides is 1. The molecule has 0 radical (unpaired) electrons. The van der Waals surface area contributed by atoms with E-state index in [4.69, 9.17) is 5.73 Å². The van der Waals surface area contributed by atoms with Crippen molar-refractivity contribution in [2.24, 2.45) is 11.7 Å². The van der Waals surface area contributed by atoms with Crippen LogP contribution in [0.2, 0.25) is 0 Å². The van der Waals surface area contributed by atoms with E-state index < -0.39 is 10.0 Å². The van der Waals surface area contributed by atoms with Crippen LogP contribution in [0, 0.1) is 5.92 Å². The van der Waals surface area contributed by atoms with Gasteiger partial charge in [-0.05, 0) is 55.7 Å². The maximum Gasteiger partial charge on any atom is 0.240 e. The lowest BCUT2D eigenvalue weighted by atomic mass is 9.92. The zero-order valence-corrected chi connectivity index (χ0v) is 16.2. The van der Waals surface area contributed by atoms with Gasteiger partial charge in [0.25, 0.3) is 0 Å². The fourth-order valence-electron chi connectivity index (χ4n) is 3.52. The van der Waals surface area contributed by atoms with Crippen molar-refractivity contribution in [3.05, 3.63) is 29.8 Å². The fourth-order valence-corrected chi connectivity index (χ4v) is 4.83. The van der Waals surface area contributed by atoms with Crippen molar-refractivity contribution in [2.45, 2.75) is 62.4 Å². The van der Waals surface area contributed by atoms with Gasteiger partial charge in [0.2, 0.25) is 15.9 Å². The second-order valence-corrected chi connectivity index (χ2v) is 9.36. The van der Waals surface area contributed by atoms with Crippen LogP contribution in [0.3, 0.4) is 0 Å².